The number of hydrogen-bond acceptors (Lipinski definition) is 5. The number of aromatic nitrogens is 2. The highest BCUT2D eigenvalue weighted by molar-refractivity contribution is 7.91. The van der Waals surface area contributed by atoms with Gasteiger partial charge in [-0.25, -0.2) is 13.4 Å². The molecule has 0 fully saturated rings. The summed E-state index contributed by atoms with van der Waals surface area (Å²) < 4.78 is 48.5. The lowest BCUT2D eigenvalue weighted by Crippen LogP contribution is -2.18. The SMILES string of the molecule is Cc1cnc(C(=O)Nc2ccccc2S(=O)(=O)C(F)F)cn1. The molecule has 0 atom stereocenters. The molecule has 0 saturated heterocycles. The zero-order valence-electron chi connectivity index (χ0n) is 11.3. The van der Waals surface area contributed by atoms with Crippen LogP contribution in [-0.2, 0) is 9.84 Å². The Morgan fingerprint density at radius 3 is 2.45 bits per heavy atom. The molecule has 2 aromatic rings. The van der Waals surface area contributed by atoms with Gasteiger partial charge in [0.15, 0.2) is 0 Å². The number of alkyl halides is 2. The molecule has 1 aromatic carbocycles. The molecule has 1 heterocycles. The number of halogens is 2. The summed E-state index contributed by atoms with van der Waals surface area (Å²) in [6.07, 6.45) is 2.56. The fraction of sp³-hybridized carbons (Fsp3) is 0.154. The summed E-state index contributed by atoms with van der Waals surface area (Å²) in [5.74, 6) is -4.32. The van der Waals surface area contributed by atoms with Crippen molar-refractivity contribution in [2.45, 2.75) is 17.6 Å². The number of aryl methyl sites for hydroxylation is 1. The summed E-state index contributed by atoms with van der Waals surface area (Å²) in [5, 5.41) is 2.25. The second-order valence-electron chi connectivity index (χ2n) is 4.30. The van der Waals surface area contributed by atoms with Crippen molar-refractivity contribution < 1.29 is 22.0 Å². The molecule has 0 saturated carbocycles. The highest BCUT2D eigenvalue weighted by atomic mass is 32.2. The van der Waals surface area contributed by atoms with E-state index in [4.69, 9.17) is 0 Å². The van der Waals surface area contributed by atoms with Gasteiger partial charge in [-0.1, -0.05) is 12.1 Å². The van der Waals surface area contributed by atoms with E-state index in [1.54, 1.807) is 6.92 Å². The first-order valence-electron chi connectivity index (χ1n) is 6.03. The van der Waals surface area contributed by atoms with Crippen LogP contribution >= 0.6 is 0 Å². The van der Waals surface area contributed by atoms with E-state index in [2.05, 4.69) is 15.3 Å². The zero-order chi connectivity index (χ0) is 16.3. The number of carbonyl (C=O) groups excluding carboxylic acids is 1. The molecular formula is C13H11F2N3O3S. The van der Waals surface area contributed by atoms with Crippen LogP contribution in [-0.4, -0.2) is 30.1 Å². The van der Waals surface area contributed by atoms with Gasteiger partial charge in [0.2, 0.25) is 9.84 Å². The van der Waals surface area contributed by atoms with Crippen LogP contribution in [0.4, 0.5) is 14.5 Å². The number of amides is 1. The third kappa shape index (κ3) is 3.25. The highest BCUT2D eigenvalue weighted by Gasteiger charge is 2.29. The van der Waals surface area contributed by atoms with Crippen LogP contribution in [0, 0.1) is 6.92 Å². The van der Waals surface area contributed by atoms with Crippen LogP contribution in [0.15, 0.2) is 41.6 Å². The Hall–Kier alpha value is -2.42. The molecule has 0 unspecified atom stereocenters. The second-order valence-corrected chi connectivity index (χ2v) is 6.19. The summed E-state index contributed by atoms with van der Waals surface area (Å²) >= 11 is 0. The lowest BCUT2D eigenvalue weighted by molar-refractivity contribution is 0.102. The summed E-state index contributed by atoms with van der Waals surface area (Å²) in [7, 11) is -4.83. The van der Waals surface area contributed by atoms with E-state index >= 15 is 0 Å². The Morgan fingerprint density at radius 2 is 1.86 bits per heavy atom. The first kappa shape index (κ1) is 16.0. The van der Waals surface area contributed by atoms with Gasteiger partial charge in [0, 0.05) is 6.20 Å². The number of benzene rings is 1. The van der Waals surface area contributed by atoms with Crippen LogP contribution in [0.25, 0.3) is 0 Å². The molecule has 0 radical (unpaired) electrons. The number of rotatable bonds is 4. The van der Waals surface area contributed by atoms with Crippen molar-refractivity contribution in [3.8, 4) is 0 Å². The molecule has 116 valence electrons. The molecule has 0 aliphatic carbocycles. The number of hydrogen-bond donors (Lipinski definition) is 1. The fourth-order valence-corrected chi connectivity index (χ4v) is 2.50. The summed E-state index contributed by atoms with van der Waals surface area (Å²) in [6.45, 7) is 1.68. The van der Waals surface area contributed by atoms with Gasteiger partial charge in [0.05, 0.1) is 22.5 Å². The van der Waals surface area contributed by atoms with Crippen molar-refractivity contribution in [1.82, 2.24) is 9.97 Å². The molecule has 9 heteroatoms. The average Bonchev–Trinajstić information content (AvgIpc) is 2.48. The number of nitrogens with one attached hydrogen (secondary N) is 1. The molecule has 0 spiro atoms. The minimum atomic E-state index is -4.83. The molecule has 1 aromatic heterocycles. The fourth-order valence-electron chi connectivity index (χ4n) is 1.61. The van der Waals surface area contributed by atoms with Crippen LogP contribution < -0.4 is 5.32 Å². The number of para-hydroxylation sites is 1. The quantitative estimate of drug-likeness (QED) is 0.928. The Labute approximate surface area is 125 Å². The predicted molar refractivity (Wildman–Crippen MR) is 74.4 cm³/mol. The number of nitrogens with zero attached hydrogens (tertiary/aromatic N) is 2. The first-order chi connectivity index (χ1) is 10.3. The number of sulfone groups is 1. The van der Waals surface area contributed by atoms with Gasteiger partial charge in [-0.05, 0) is 19.1 Å². The number of anilines is 1. The largest absolute Gasteiger partial charge is 0.341 e. The maximum absolute atomic E-state index is 12.7. The van der Waals surface area contributed by atoms with E-state index in [1.165, 1.54) is 30.6 Å². The minimum absolute atomic E-state index is 0.0603. The smallest absolute Gasteiger partial charge is 0.319 e. The van der Waals surface area contributed by atoms with Gasteiger partial charge < -0.3 is 5.32 Å². The number of carbonyl (C=O) groups is 1. The van der Waals surface area contributed by atoms with Crippen LogP contribution in [0.3, 0.4) is 0 Å². The molecule has 6 nitrogen and oxygen atoms in total. The summed E-state index contributed by atoms with van der Waals surface area (Å²) in [4.78, 5) is 19.0. The normalized spacial score (nSPS) is 11.5. The maximum atomic E-state index is 12.7. The minimum Gasteiger partial charge on any atom is -0.319 e. The molecule has 0 bridgehead atoms. The third-order valence-electron chi connectivity index (χ3n) is 2.69. The van der Waals surface area contributed by atoms with Crippen molar-refractivity contribution >= 4 is 21.4 Å². The van der Waals surface area contributed by atoms with E-state index < -0.39 is 26.4 Å². The van der Waals surface area contributed by atoms with Gasteiger partial charge in [-0.2, -0.15) is 8.78 Å². The predicted octanol–water partition coefficient (Wildman–Crippen LogP) is 2.03. The maximum Gasteiger partial charge on any atom is 0.341 e. The van der Waals surface area contributed by atoms with Gasteiger partial charge in [-0.15, -0.1) is 0 Å². The summed E-state index contributed by atoms with van der Waals surface area (Å²) in [5.41, 5.74) is 0.294. The van der Waals surface area contributed by atoms with Crippen molar-refractivity contribution in [2.75, 3.05) is 5.32 Å². The molecule has 0 aliphatic rings. The van der Waals surface area contributed by atoms with Crippen molar-refractivity contribution in [2.24, 2.45) is 0 Å². The molecule has 0 aliphatic heterocycles. The topological polar surface area (TPSA) is 89.0 Å². The molecule has 22 heavy (non-hydrogen) atoms. The van der Waals surface area contributed by atoms with Crippen molar-refractivity contribution in [3.05, 3.63) is 48.0 Å². The molecule has 1 amide bonds. The van der Waals surface area contributed by atoms with Gasteiger partial charge in [0.1, 0.15) is 5.69 Å². The van der Waals surface area contributed by atoms with Gasteiger partial charge >= 0.3 is 5.76 Å². The zero-order valence-corrected chi connectivity index (χ0v) is 12.1. The van der Waals surface area contributed by atoms with Gasteiger partial charge in [-0.3, -0.25) is 9.78 Å². The van der Waals surface area contributed by atoms with Crippen LogP contribution in [0.2, 0.25) is 0 Å². The Balaban J connectivity index is 2.35. The average molecular weight is 327 g/mol. The van der Waals surface area contributed by atoms with Crippen molar-refractivity contribution in [3.63, 3.8) is 0 Å². The molecule has 1 N–H and O–H groups in total. The Morgan fingerprint density at radius 1 is 1.18 bits per heavy atom. The van der Waals surface area contributed by atoms with E-state index in [9.17, 15) is 22.0 Å². The van der Waals surface area contributed by atoms with Crippen LogP contribution in [0.5, 0.6) is 0 Å². The standard InChI is InChI=1S/C13H11F2N3O3S/c1-8-6-17-10(7-16-8)12(19)18-9-4-2-3-5-11(9)22(20,21)13(14)15/h2-7,13H,1H3,(H,18,19). The molecule has 2 rings (SSSR count). The first-order valence-corrected chi connectivity index (χ1v) is 7.58. The Kier molecular flexibility index (Phi) is 4.45. The van der Waals surface area contributed by atoms with E-state index in [0.29, 0.717) is 5.69 Å². The summed E-state index contributed by atoms with van der Waals surface area (Å²) in [6, 6.07) is 4.92. The lowest BCUT2D eigenvalue weighted by atomic mass is 10.3. The Bertz CT molecular complexity index is 792. The van der Waals surface area contributed by atoms with E-state index in [1.807, 2.05) is 0 Å². The van der Waals surface area contributed by atoms with Crippen LogP contribution in [0.1, 0.15) is 16.2 Å². The second kappa shape index (κ2) is 6.14. The van der Waals surface area contributed by atoms with E-state index in [-0.39, 0.29) is 11.4 Å². The van der Waals surface area contributed by atoms with E-state index in [0.717, 1.165) is 6.07 Å². The van der Waals surface area contributed by atoms with Crippen molar-refractivity contribution in [1.29, 1.82) is 0 Å². The monoisotopic (exact) mass is 327 g/mol. The van der Waals surface area contributed by atoms with Gasteiger partial charge in [0.25, 0.3) is 5.91 Å². The third-order valence-corrected chi connectivity index (χ3v) is 4.13. The highest BCUT2D eigenvalue weighted by Crippen LogP contribution is 2.26. The lowest BCUT2D eigenvalue weighted by Gasteiger charge is -2.10. The molecular weight excluding hydrogens is 316 g/mol.